The fourth-order valence-electron chi connectivity index (χ4n) is 1.98. The normalized spacial score (nSPS) is 14.1. The Labute approximate surface area is 136 Å². The molecule has 0 saturated heterocycles. The van der Waals surface area contributed by atoms with Gasteiger partial charge < -0.3 is 14.3 Å². The molecule has 0 radical (unpaired) electrons. The van der Waals surface area contributed by atoms with Gasteiger partial charge in [-0.25, -0.2) is 0 Å². The second-order valence-corrected chi connectivity index (χ2v) is 12.1. The summed E-state index contributed by atoms with van der Waals surface area (Å²) in [7, 11) is -1.80. The lowest BCUT2D eigenvalue weighted by atomic mass is 10.2. The quantitative estimate of drug-likeness (QED) is 0.541. The molecular formula is C18H32O3Si. The van der Waals surface area contributed by atoms with Crippen molar-refractivity contribution in [2.75, 3.05) is 13.2 Å². The summed E-state index contributed by atoms with van der Waals surface area (Å²) in [6, 6.07) is 10.2. The molecule has 1 aromatic rings. The molecule has 0 fully saturated rings. The number of benzene rings is 1. The summed E-state index contributed by atoms with van der Waals surface area (Å²) < 4.78 is 12.1. The van der Waals surface area contributed by atoms with Crippen LogP contribution in [-0.4, -0.2) is 32.7 Å². The van der Waals surface area contributed by atoms with Crippen LogP contribution in [0.4, 0.5) is 0 Å². The number of aliphatic hydroxyl groups is 1. The Morgan fingerprint density at radius 1 is 1.09 bits per heavy atom. The first-order chi connectivity index (χ1) is 10.3. The van der Waals surface area contributed by atoms with Crippen molar-refractivity contribution >= 4 is 8.32 Å². The largest absolute Gasteiger partial charge is 0.414 e. The molecule has 0 spiro atoms. The lowest BCUT2D eigenvalue weighted by Crippen LogP contribution is -2.44. The van der Waals surface area contributed by atoms with E-state index in [1.165, 1.54) is 5.56 Å². The van der Waals surface area contributed by atoms with Gasteiger partial charge in [-0.15, -0.1) is 0 Å². The van der Waals surface area contributed by atoms with E-state index in [2.05, 4.69) is 46.0 Å². The predicted octanol–water partition coefficient (Wildman–Crippen LogP) is 4.37. The molecule has 0 aliphatic heterocycles. The molecule has 22 heavy (non-hydrogen) atoms. The minimum atomic E-state index is -1.80. The van der Waals surface area contributed by atoms with E-state index >= 15 is 0 Å². The average Bonchev–Trinajstić information content (AvgIpc) is 2.43. The van der Waals surface area contributed by atoms with Crippen molar-refractivity contribution in [1.29, 1.82) is 0 Å². The Balaban J connectivity index is 2.41. The zero-order valence-corrected chi connectivity index (χ0v) is 15.8. The van der Waals surface area contributed by atoms with Crippen molar-refractivity contribution in [3.05, 3.63) is 35.9 Å². The molecule has 0 aliphatic carbocycles. The Kier molecular flexibility index (Phi) is 7.76. The Bertz CT molecular complexity index is 412. The minimum Gasteiger partial charge on any atom is -0.414 e. The SMILES string of the molecule is CC(C)(C)[Si](C)(C)O[C@H](CCO)CCOCc1ccccc1. The van der Waals surface area contributed by atoms with Crippen LogP contribution in [0.2, 0.25) is 18.1 Å². The van der Waals surface area contributed by atoms with Gasteiger partial charge in [0.2, 0.25) is 0 Å². The van der Waals surface area contributed by atoms with Crippen LogP contribution in [0, 0.1) is 0 Å². The van der Waals surface area contributed by atoms with Gasteiger partial charge in [-0.2, -0.15) is 0 Å². The van der Waals surface area contributed by atoms with Gasteiger partial charge >= 0.3 is 0 Å². The summed E-state index contributed by atoms with van der Waals surface area (Å²) in [4.78, 5) is 0. The molecule has 0 bridgehead atoms. The Morgan fingerprint density at radius 2 is 1.73 bits per heavy atom. The first-order valence-electron chi connectivity index (χ1n) is 8.16. The van der Waals surface area contributed by atoms with Gasteiger partial charge in [-0.05, 0) is 36.5 Å². The molecule has 0 amide bonds. The van der Waals surface area contributed by atoms with Crippen molar-refractivity contribution in [3.8, 4) is 0 Å². The molecule has 0 unspecified atom stereocenters. The Morgan fingerprint density at radius 3 is 2.27 bits per heavy atom. The van der Waals surface area contributed by atoms with Crippen molar-refractivity contribution in [2.45, 2.75) is 64.5 Å². The molecule has 0 aromatic heterocycles. The van der Waals surface area contributed by atoms with Crippen LogP contribution in [0.5, 0.6) is 0 Å². The van der Waals surface area contributed by atoms with E-state index < -0.39 is 8.32 Å². The second kappa shape index (κ2) is 8.82. The van der Waals surface area contributed by atoms with Crippen LogP contribution >= 0.6 is 0 Å². The molecule has 1 atom stereocenters. The highest BCUT2D eigenvalue weighted by molar-refractivity contribution is 6.74. The van der Waals surface area contributed by atoms with Gasteiger partial charge in [-0.1, -0.05) is 51.1 Å². The number of hydrogen-bond acceptors (Lipinski definition) is 3. The summed E-state index contributed by atoms with van der Waals surface area (Å²) in [5.41, 5.74) is 1.19. The van der Waals surface area contributed by atoms with Crippen LogP contribution in [0.15, 0.2) is 30.3 Å². The standard InChI is InChI=1S/C18H32O3Si/c1-18(2,3)22(4,5)21-17(11-13-19)12-14-20-15-16-9-7-6-8-10-16/h6-10,17,19H,11-15H2,1-5H3/t17-/m1/s1. The maximum absolute atomic E-state index is 9.27. The van der Waals surface area contributed by atoms with Crippen LogP contribution in [0.3, 0.4) is 0 Å². The van der Waals surface area contributed by atoms with Crippen LogP contribution in [0.25, 0.3) is 0 Å². The molecule has 3 nitrogen and oxygen atoms in total. The van der Waals surface area contributed by atoms with E-state index in [-0.39, 0.29) is 17.7 Å². The van der Waals surface area contributed by atoms with Crippen molar-refractivity contribution in [2.24, 2.45) is 0 Å². The first-order valence-corrected chi connectivity index (χ1v) is 11.1. The molecule has 1 aromatic carbocycles. The summed E-state index contributed by atoms with van der Waals surface area (Å²) in [6.07, 6.45) is 1.60. The number of rotatable bonds is 9. The molecule has 0 saturated carbocycles. The highest BCUT2D eigenvalue weighted by Crippen LogP contribution is 2.37. The molecule has 1 N–H and O–H groups in total. The van der Waals surface area contributed by atoms with E-state index in [4.69, 9.17) is 9.16 Å². The second-order valence-electron chi connectivity index (χ2n) is 7.34. The van der Waals surface area contributed by atoms with E-state index in [0.717, 1.165) is 6.42 Å². The van der Waals surface area contributed by atoms with Crippen LogP contribution in [0.1, 0.15) is 39.2 Å². The molecule has 1 rings (SSSR count). The fourth-order valence-corrected chi connectivity index (χ4v) is 3.40. The zero-order chi connectivity index (χ0) is 16.6. The van der Waals surface area contributed by atoms with Gasteiger partial charge in [0, 0.05) is 19.3 Å². The Hall–Kier alpha value is -0.683. The maximum Gasteiger partial charge on any atom is 0.192 e. The first kappa shape index (κ1) is 19.4. The summed E-state index contributed by atoms with van der Waals surface area (Å²) >= 11 is 0. The number of hydrogen-bond donors (Lipinski definition) is 1. The maximum atomic E-state index is 9.27. The smallest absolute Gasteiger partial charge is 0.192 e. The monoisotopic (exact) mass is 324 g/mol. The zero-order valence-electron chi connectivity index (χ0n) is 14.8. The minimum absolute atomic E-state index is 0.0849. The third kappa shape index (κ3) is 6.61. The number of ether oxygens (including phenoxy) is 1. The topological polar surface area (TPSA) is 38.7 Å². The van der Waals surface area contributed by atoms with Gasteiger partial charge in [-0.3, -0.25) is 0 Å². The van der Waals surface area contributed by atoms with Crippen molar-refractivity contribution in [3.63, 3.8) is 0 Å². The third-order valence-corrected chi connectivity index (χ3v) is 8.95. The number of aliphatic hydroxyl groups excluding tert-OH is 1. The average molecular weight is 325 g/mol. The molecule has 0 heterocycles. The highest BCUT2D eigenvalue weighted by Gasteiger charge is 2.38. The van der Waals surface area contributed by atoms with E-state index in [0.29, 0.717) is 19.6 Å². The van der Waals surface area contributed by atoms with Gasteiger partial charge in [0.25, 0.3) is 0 Å². The van der Waals surface area contributed by atoms with Crippen molar-refractivity contribution < 1.29 is 14.3 Å². The lowest BCUT2D eigenvalue weighted by molar-refractivity contribution is 0.0664. The fraction of sp³-hybridized carbons (Fsp3) is 0.667. The third-order valence-electron chi connectivity index (χ3n) is 4.41. The van der Waals surface area contributed by atoms with Gasteiger partial charge in [0.05, 0.1) is 6.61 Å². The molecule has 4 heteroatoms. The van der Waals surface area contributed by atoms with E-state index in [9.17, 15) is 5.11 Å². The summed E-state index contributed by atoms with van der Waals surface area (Å²) in [5, 5.41) is 9.45. The lowest BCUT2D eigenvalue weighted by Gasteiger charge is -2.39. The summed E-state index contributed by atoms with van der Waals surface area (Å²) in [5.74, 6) is 0. The predicted molar refractivity (Wildman–Crippen MR) is 94.5 cm³/mol. The van der Waals surface area contributed by atoms with Crippen LogP contribution < -0.4 is 0 Å². The van der Waals surface area contributed by atoms with Crippen LogP contribution in [-0.2, 0) is 15.8 Å². The molecule has 126 valence electrons. The van der Waals surface area contributed by atoms with Gasteiger partial charge in [0.15, 0.2) is 8.32 Å². The van der Waals surface area contributed by atoms with E-state index in [1.807, 2.05) is 18.2 Å². The molecular weight excluding hydrogens is 292 g/mol. The van der Waals surface area contributed by atoms with E-state index in [1.54, 1.807) is 0 Å². The van der Waals surface area contributed by atoms with Gasteiger partial charge in [0.1, 0.15) is 0 Å². The molecule has 0 aliphatic rings. The van der Waals surface area contributed by atoms with Crippen molar-refractivity contribution in [1.82, 2.24) is 0 Å². The summed E-state index contributed by atoms with van der Waals surface area (Å²) in [6.45, 7) is 12.7. The highest BCUT2D eigenvalue weighted by atomic mass is 28.4.